The third kappa shape index (κ3) is 3.01. The van der Waals surface area contributed by atoms with Crippen LogP contribution in [0.1, 0.15) is 25.6 Å². The fraction of sp³-hybridized carbons (Fsp3) is 0.467. The Morgan fingerprint density at radius 1 is 1.42 bits per heavy atom. The van der Waals surface area contributed by atoms with Gasteiger partial charge in [-0.15, -0.1) is 0 Å². The highest BCUT2D eigenvalue weighted by molar-refractivity contribution is 5.82. The van der Waals surface area contributed by atoms with Gasteiger partial charge < -0.3 is 10.3 Å². The molecule has 2 aromatic rings. The lowest BCUT2D eigenvalue weighted by atomic mass is 9.98. The Kier molecular flexibility index (Phi) is 4.32. The minimum absolute atomic E-state index is 0.218. The van der Waals surface area contributed by atoms with Gasteiger partial charge in [0.1, 0.15) is 11.6 Å². The van der Waals surface area contributed by atoms with Gasteiger partial charge >= 0.3 is 0 Å². The van der Waals surface area contributed by atoms with Gasteiger partial charge in [0.2, 0.25) is 0 Å². The van der Waals surface area contributed by atoms with Gasteiger partial charge in [-0.2, -0.15) is 0 Å². The number of rotatable bonds is 6. The molecule has 0 aliphatic carbocycles. The van der Waals surface area contributed by atoms with E-state index in [4.69, 9.17) is 5.73 Å². The smallest absolute Gasteiger partial charge is 0.140 e. The lowest BCUT2D eigenvalue weighted by Gasteiger charge is -2.10. The number of nitrogens with zero attached hydrogens (tertiary/aromatic N) is 2. The summed E-state index contributed by atoms with van der Waals surface area (Å²) in [7, 11) is 1.96. The largest absolute Gasteiger partial charge is 0.331 e. The Labute approximate surface area is 113 Å². The highest BCUT2D eigenvalue weighted by Crippen LogP contribution is 2.16. The van der Waals surface area contributed by atoms with Crippen molar-refractivity contribution >= 4 is 16.8 Å². The van der Waals surface area contributed by atoms with Crippen molar-refractivity contribution < 1.29 is 4.79 Å². The van der Waals surface area contributed by atoms with Crippen LogP contribution in [-0.2, 0) is 18.3 Å². The van der Waals surface area contributed by atoms with Gasteiger partial charge in [0.05, 0.1) is 17.5 Å². The second-order valence-electron chi connectivity index (χ2n) is 5.01. The number of carbonyl (C=O) groups is 1. The second kappa shape index (κ2) is 5.97. The van der Waals surface area contributed by atoms with Gasteiger partial charge in [0.25, 0.3) is 0 Å². The zero-order valence-electron chi connectivity index (χ0n) is 11.6. The van der Waals surface area contributed by atoms with Crippen LogP contribution >= 0.6 is 0 Å². The van der Waals surface area contributed by atoms with E-state index in [9.17, 15) is 4.79 Å². The van der Waals surface area contributed by atoms with E-state index in [0.717, 1.165) is 23.3 Å². The van der Waals surface area contributed by atoms with Crippen LogP contribution < -0.4 is 5.73 Å². The number of para-hydroxylation sites is 2. The van der Waals surface area contributed by atoms with Crippen LogP contribution in [0, 0.1) is 5.92 Å². The van der Waals surface area contributed by atoms with Crippen LogP contribution in [0.5, 0.6) is 0 Å². The van der Waals surface area contributed by atoms with Crippen LogP contribution in [0.25, 0.3) is 11.0 Å². The van der Waals surface area contributed by atoms with Crippen molar-refractivity contribution in [1.29, 1.82) is 0 Å². The molecule has 0 bridgehead atoms. The lowest BCUT2D eigenvalue weighted by Crippen LogP contribution is -2.19. The molecular formula is C15H21N3O. The fourth-order valence-corrected chi connectivity index (χ4v) is 2.32. The molecule has 0 radical (unpaired) electrons. The van der Waals surface area contributed by atoms with Gasteiger partial charge in [0, 0.05) is 13.5 Å². The van der Waals surface area contributed by atoms with Gasteiger partial charge in [0.15, 0.2) is 0 Å². The van der Waals surface area contributed by atoms with Crippen molar-refractivity contribution in [1.82, 2.24) is 9.55 Å². The number of benzene rings is 1. The predicted molar refractivity (Wildman–Crippen MR) is 76.9 cm³/mol. The molecule has 4 nitrogen and oxygen atoms in total. The number of Topliss-reactive ketones (excluding diaryl/α,β-unsaturated/α-hetero) is 1. The Hall–Kier alpha value is -1.68. The Morgan fingerprint density at radius 2 is 2.16 bits per heavy atom. The molecule has 0 aliphatic heterocycles. The van der Waals surface area contributed by atoms with E-state index in [1.807, 2.05) is 35.9 Å². The molecule has 1 heterocycles. The summed E-state index contributed by atoms with van der Waals surface area (Å²) in [4.78, 5) is 16.6. The Bertz CT molecular complexity index is 570. The maximum absolute atomic E-state index is 12.1. The van der Waals surface area contributed by atoms with E-state index >= 15 is 0 Å². The molecule has 0 saturated heterocycles. The molecule has 1 atom stereocenters. The summed E-state index contributed by atoms with van der Waals surface area (Å²) in [5.74, 6) is 1.34. The molecule has 102 valence electrons. The second-order valence-corrected chi connectivity index (χ2v) is 5.01. The van der Waals surface area contributed by atoms with Crippen molar-refractivity contribution in [2.75, 3.05) is 6.54 Å². The van der Waals surface area contributed by atoms with Gasteiger partial charge in [-0.3, -0.25) is 4.79 Å². The van der Waals surface area contributed by atoms with Crippen molar-refractivity contribution in [3.63, 3.8) is 0 Å². The molecule has 4 heteroatoms. The minimum atomic E-state index is 0.218. The van der Waals surface area contributed by atoms with Crippen molar-refractivity contribution in [2.45, 2.75) is 26.2 Å². The lowest BCUT2D eigenvalue weighted by molar-refractivity contribution is -0.119. The van der Waals surface area contributed by atoms with E-state index in [1.165, 1.54) is 0 Å². The topological polar surface area (TPSA) is 60.9 Å². The zero-order valence-corrected chi connectivity index (χ0v) is 11.6. The number of nitrogens with two attached hydrogens (primary N) is 1. The summed E-state index contributed by atoms with van der Waals surface area (Å²) >= 11 is 0. The normalized spacial score (nSPS) is 12.8. The monoisotopic (exact) mass is 259 g/mol. The Balaban J connectivity index is 2.13. The molecule has 0 saturated carbocycles. The number of ketones is 1. The maximum Gasteiger partial charge on any atom is 0.140 e. The van der Waals surface area contributed by atoms with E-state index < -0.39 is 0 Å². The van der Waals surface area contributed by atoms with Gasteiger partial charge in [-0.05, 0) is 24.6 Å². The summed E-state index contributed by atoms with van der Waals surface area (Å²) in [6.45, 7) is 2.64. The molecule has 19 heavy (non-hydrogen) atoms. The molecule has 1 unspecified atom stereocenters. The van der Waals surface area contributed by atoms with Crippen LogP contribution in [0.4, 0.5) is 0 Å². The van der Waals surface area contributed by atoms with Crippen LogP contribution in [0.15, 0.2) is 24.3 Å². The van der Waals surface area contributed by atoms with Crippen LogP contribution in [-0.4, -0.2) is 21.9 Å². The van der Waals surface area contributed by atoms with E-state index in [-0.39, 0.29) is 5.78 Å². The van der Waals surface area contributed by atoms with Gasteiger partial charge in [-0.25, -0.2) is 4.98 Å². The van der Waals surface area contributed by atoms with Crippen molar-refractivity contribution in [3.05, 3.63) is 30.1 Å². The zero-order chi connectivity index (χ0) is 13.8. The third-order valence-electron chi connectivity index (χ3n) is 3.66. The molecule has 2 N–H and O–H groups in total. The molecule has 0 aliphatic rings. The first kappa shape index (κ1) is 13.7. The molecule has 0 spiro atoms. The van der Waals surface area contributed by atoms with Crippen molar-refractivity contribution in [3.8, 4) is 0 Å². The summed E-state index contributed by atoms with van der Waals surface area (Å²) in [6.07, 6.45) is 1.89. The molecule has 1 aromatic heterocycles. The summed E-state index contributed by atoms with van der Waals surface area (Å²) in [5.41, 5.74) is 7.65. The number of hydrogen-bond acceptors (Lipinski definition) is 3. The predicted octanol–water partition coefficient (Wildman–Crippen LogP) is 2.06. The quantitative estimate of drug-likeness (QED) is 0.863. The van der Waals surface area contributed by atoms with E-state index in [2.05, 4.69) is 11.9 Å². The fourth-order valence-electron chi connectivity index (χ4n) is 2.32. The summed E-state index contributed by atoms with van der Waals surface area (Å²) < 4.78 is 2.00. The maximum atomic E-state index is 12.1. The van der Waals surface area contributed by atoms with Crippen LogP contribution in [0.3, 0.4) is 0 Å². The Morgan fingerprint density at radius 3 is 2.79 bits per heavy atom. The highest BCUT2D eigenvalue weighted by Gasteiger charge is 2.15. The summed E-state index contributed by atoms with van der Waals surface area (Å²) in [5, 5.41) is 0. The van der Waals surface area contributed by atoms with Crippen molar-refractivity contribution in [2.24, 2.45) is 18.7 Å². The molecular weight excluding hydrogens is 238 g/mol. The SMILES string of the molecule is CCC(CN)CC(=O)Cc1nc2ccccc2n1C. The first-order valence-corrected chi connectivity index (χ1v) is 6.77. The molecule has 1 aromatic carbocycles. The first-order valence-electron chi connectivity index (χ1n) is 6.77. The first-order chi connectivity index (χ1) is 9.15. The number of aromatic nitrogens is 2. The standard InChI is InChI=1S/C15H21N3O/c1-3-11(10-16)8-12(19)9-15-17-13-6-4-5-7-14(13)18(15)2/h4-7,11H,3,8-10,16H2,1-2H3. The van der Waals surface area contributed by atoms with Crippen LogP contribution in [0.2, 0.25) is 0 Å². The minimum Gasteiger partial charge on any atom is -0.331 e. The molecule has 0 amide bonds. The number of imidazole rings is 1. The molecule has 2 rings (SSSR count). The third-order valence-corrected chi connectivity index (χ3v) is 3.66. The number of fused-ring (bicyclic) bond motifs is 1. The summed E-state index contributed by atoms with van der Waals surface area (Å²) in [6, 6.07) is 7.93. The van der Waals surface area contributed by atoms with Gasteiger partial charge in [-0.1, -0.05) is 25.5 Å². The van der Waals surface area contributed by atoms with E-state index in [0.29, 0.717) is 25.3 Å². The number of aryl methyl sites for hydroxylation is 1. The average molecular weight is 259 g/mol. The average Bonchev–Trinajstić information content (AvgIpc) is 2.73. The number of hydrogen-bond donors (Lipinski definition) is 1. The van der Waals surface area contributed by atoms with E-state index in [1.54, 1.807) is 0 Å². The highest BCUT2D eigenvalue weighted by atomic mass is 16.1. The number of carbonyl (C=O) groups excluding carboxylic acids is 1. The molecule has 0 fully saturated rings.